The van der Waals surface area contributed by atoms with Crippen LogP contribution >= 0.6 is 24.0 Å². The molecular formula is C21H25FIN5O. The zero-order valence-corrected chi connectivity index (χ0v) is 18.7. The summed E-state index contributed by atoms with van der Waals surface area (Å²) in [6, 6.07) is 16.0. The highest BCUT2D eigenvalue weighted by Gasteiger charge is 2.06. The lowest BCUT2D eigenvalue weighted by atomic mass is 10.2. The highest BCUT2D eigenvalue weighted by molar-refractivity contribution is 14.0. The minimum absolute atomic E-state index is 0. The fraction of sp³-hybridized carbons (Fsp3) is 0.238. The van der Waals surface area contributed by atoms with E-state index in [2.05, 4.69) is 26.8 Å². The van der Waals surface area contributed by atoms with E-state index in [4.69, 9.17) is 4.74 Å². The van der Waals surface area contributed by atoms with Crippen LogP contribution in [0.2, 0.25) is 0 Å². The number of hydrogen-bond acceptors (Lipinski definition) is 3. The van der Waals surface area contributed by atoms with Crippen molar-refractivity contribution in [2.75, 3.05) is 13.6 Å². The van der Waals surface area contributed by atoms with Crippen LogP contribution in [0.4, 0.5) is 4.39 Å². The van der Waals surface area contributed by atoms with Gasteiger partial charge in [-0.3, -0.25) is 4.99 Å². The van der Waals surface area contributed by atoms with Gasteiger partial charge in [0.05, 0.1) is 12.2 Å². The number of hydrogen-bond donors (Lipinski definition) is 2. The van der Waals surface area contributed by atoms with Crippen molar-refractivity contribution in [1.82, 2.24) is 20.4 Å². The van der Waals surface area contributed by atoms with Crippen LogP contribution in [0.3, 0.4) is 0 Å². The molecule has 0 amide bonds. The third-order valence-electron chi connectivity index (χ3n) is 4.07. The van der Waals surface area contributed by atoms with E-state index in [1.54, 1.807) is 25.4 Å². The maximum Gasteiger partial charge on any atom is 0.191 e. The molecular weight excluding hydrogens is 484 g/mol. The van der Waals surface area contributed by atoms with Crippen LogP contribution in [0.15, 0.2) is 72.0 Å². The summed E-state index contributed by atoms with van der Waals surface area (Å²) in [7, 11) is 1.72. The van der Waals surface area contributed by atoms with Crippen LogP contribution < -0.4 is 15.4 Å². The van der Waals surface area contributed by atoms with Crippen LogP contribution in [0.5, 0.6) is 5.75 Å². The molecule has 29 heavy (non-hydrogen) atoms. The first-order valence-electron chi connectivity index (χ1n) is 9.10. The average Bonchev–Trinajstić information content (AvgIpc) is 3.25. The zero-order chi connectivity index (χ0) is 19.8. The molecule has 0 radical (unpaired) electrons. The predicted molar refractivity (Wildman–Crippen MR) is 124 cm³/mol. The van der Waals surface area contributed by atoms with Gasteiger partial charge in [-0.2, -0.15) is 5.10 Å². The zero-order valence-electron chi connectivity index (χ0n) is 16.4. The number of ether oxygens (including phenoxy) is 1. The number of rotatable bonds is 7. The molecule has 1 heterocycles. The SMILES string of the molecule is CN=C(NCc1cccc(-n2cccn2)c1)NCC(C)Oc1ccc(F)cc1.I. The van der Waals surface area contributed by atoms with Crippen molar-refractivity contribution >= 4 is 29.9 Å². The lowest BCUT2D eigenvalue weighted by molar-refractivity contribution is 0.223. The van der Waals surface area contributed by atoms with Crippen molar-refractivity contribution in [3.63, 3.8) is 0 Å². The van der Waals surface area contributed by atoms with Gasteiger partial charge < -0.3 is 15.4 Å². The maximum absolute atomic E-state index is 13.0. The lowest BCUT2D eigenvalue weighted by Gasteiger charge is -2.18. The summed E-state index contributed by atoms with van der Waals surface area (Å²) in [5.41, 5.74) is 2.13. The van der Waals surface area contributed by atoms with Gasteiger partial charge in [-0.15, -0.1) is 24.0 Å². The van der Waals surface area contributed by atoms with Crippen LogP contribution in [0.1, 0.15) is 12.5 Å². The van der Waals surface area contributed by atoms with Crippen LogP contribution in [-0.4, -0.2) is 35.4 Å². The number of benzene rings is 2. The molecule has 0 spiro atoms. The fourth-order valence-corrected chi connectivity index (χ4v) is 2.66. The molecule has 1 unspecified atom stereocenters. The predicted octanol–water partition coefficient (Wildman–Crippen LogP) is 3.76. The number of nitrogens with one attached hydrogen (secondary N) is 2. The third kappa shape index (κ3) is 7.04. The summed E-state index contributed by atoms with van der Waals surface area (Å²) in [5.74, 6) is 1.03. The quantitative estimate of drug-likeness (QED) is 0.289. The first-order valence-corrected chi connectivity index (χ1v) is 9.10. The Kier molecular flexibility index (Phi) is 8.91. The van der Waals surface area contributed by atoms with Crippen molar-refractivity contribution in [3.8, 4) is 11.4 Å². The summed E-state index contributed by atoms with van der Waals surface area (Å²) in [4.78, 5) is 4.24. The number of aliphatic imine (C=N–C) groups is 1. The number of nitrogens with zero attached hydrogens (tertiary/aromatic N) is 3. The molecule has 0 aliphatic heterocycles. The number of guanidine groups is 1. The Labute approximate surface area is 187 Å². The Morgan fingerprint density at radius 1 is 1.17 bits per heavy atom. The maximum atomic E-state index is 13.0. The molecule has 6 nitrogen and oxygen atoms in total. The molecule has 3 rings (SSSR count). The second-order valence-electron chi connectivity index (χ2n) is 6.31. The molecule has 0 aliphatic carbocycles. The lowest BCUT2D eigenvalue weighted by Crippen LogP contribution is -2.41. The Hall–Kier alpha value is -2.62. The van der Waals surface area contributed by atoms with Crippen molar-refractivity contribution in [2.24, 2.45) is 4.99 Å². The van der Waals surface area contributed by atoms with Gasteiger partial charge in [0.1, 0.15) is 17.7 Å². The largest absolute Gasteiger partial charge is 0.489 e. The summed E-state index contributed by atoms with van der Waals surface area (Å²) < 4.78 is 20.5. The Bertz CT molecular complexity index is 900. The molecule has 0 saturated carbocycles. The van der Waals surface area contributed by atoms with Gasteiger partial charge >= 0.3 is 0 Å². The van der Waals surface area contributed by atoms with Crippen LogP contribution in [0.25, 0.3) is 5.69 Å². The molecule has 1 atom stereocenters. The molecule has 3 aromatic rings. The van der Waals surface area contributed by atoms with E-state index < -0.39 is 0 Å². The standard InChI is InChI=1S/C21H24FN5O.HI/c1-16(28-20-9-7-18(22)8-10-20)14-24-21(23-2)25-15-17-5-3-6-19(13-17)27-12-4-11-26-27;/h3-13,16H,14-15H2,1-2H3,(H2,23,24,25);1H. The van der Waals surface area contributed by atoms with Crippen LogP contribution in [0, 0.1) is 5.82 Å². The second-order valence-corrected chi connectivity index (χ2v) is 6.31. The summed E-state index contributed by atoms with van der Waals surface area (Å²) in [6.45, 7) is 3.13. The van der Waals surface area contributed by atoms with E-state index in [1.165, 1.54) is 12.1 Å². The van der Waals surface area contributed by atoms with E-state index in [-0.39, 0.29) is 35.9 Å². The minimum atomic E-state index is -0.278. The highest BCUT2D eigenvalue weighted by Crippen LogP contribution is 2.13. The second kappa shape index (κ2) is 11.4. The van der Waals surface area contributed by atoms with Gasteiger partial charge in [-0.05, 0) is 55.0 Å². The van der Waals surface area contributed by atoms with E-state index >= 15 is 0 Å². The molecule has 0 bridgehead atoms. The van der Waals surface area contributed by atoms with E-state index in [1.807, 2.05) is 42.1 Å². The van der Waals surface area contributed by atoms with Gasteiger partial charge in [0, 0.05) is 26.0 Å². The topological polar surface area (TPSA) is 63.5 Å². The van der Waals surface area contributed by atoms with Crippen molar-refractivity contribution in [2.45, 2.75) is 19.6 Å². The normalized spacial score (nSPS) is 12.0. The minimum Gasteiger partial charge on any atom is -0.489 e. The molecule has 2 aromatic carbocycles. The van der Waals surface area contributed by atoms with Gasteiger partial charge in [0.15, 0.2) is 5.96 Å². The van der Waals surface area contributed by atoms with Crippen molar-refractivity contribution < 1.29 is 9.13 Å². The van der Waals surface area contributed by atoms with E-state index in [9.17, 15) is 4.39 Å². The van der Waals surface area contributed by atoms with Gasteiger partial charge in [0.25, 0.3) is 0 Å². The smallest absolute Gasteiger partial charge is 0.191 e. The molecule has 2 N–H and O–H groups in total. The average molecular weight is 509 g/mol. The molecule has 0 fully saturated rings. The third-order valence-corrected chi connectivity index (χ3v) is 4.07. The van der Waals surface area contributed by atoms with Gasteiger partial charge in [-0.1, -0.05) is 12.1 Å². The first kappa shape index (κ1) is 22.7. The van der Waals surface area contributed by atoms with E-state index in [0.717, 1.165) is 11.3 Å². The molecule has 8 heteroatoms. The highest BCUT2D eigenvalue weighted by atomic mass is 127. The molecule has 1 aromatic heterocycles. The Morgan fingerprint density at radius 2 is 1.97 bits per heavy atom. The first-order chi connectivity index (χ1) is 13.6. The fourth-order valence-electron chi connectivity index (χ4n) is 2.66. The molecule has 0 aliphatic rings. The van der Waals surface area contributed by atoms with Crippen molar-refractivity contribution in [3.05, 3.63) is 78.4 Å². The van der Waals surface area contributed by atoms with Gasteiger partial charge in [-0.25, -0.2) is 9.07 Å². The van der Waals surface area contributed by atoms with Gasteiger partial charge in [0.2, 0.25) is 0 Å². The monoisotopic (exact) mass is 509 g/mol. The van der Waals surface area contributed by atoms with E-state index in [0.29, 0.717) is 24.8 Å². The molecule has 0 saturated heterocycles. The van der Waals surface area contributed by atoms with Crippen molar-refractivity contribution in [1.29, 1.82) is 0 Å². The summed E-state index contributed by atoms with van der Waals surface area (Å²) >= 11 is 0. The number of halogens is 2. The molecule has 154 valence electrons. The Balaban J connectivity index is 0.00000300. The number of aromatic nitrogens is 2. The Morgan fingerprint density at radius 3 is 2.66 bits per heavy atom. The summed E-state index contributed by atoms with van der Waals surface area (Å²) in [5, 5.41) is 10.8. The summed E-state index contributed by atoms with van der Waals surface area (Å²) in [6.07, 6.45) is 3.56. The van der Waals surface area contributed by atoms with Crippen LogP contribution in [-0.2, 0) is 6.54 Å².